The van der Waals surface area contributed by atoms with Crippen molar-refractivity contribution in [1.82, 2.24) is 0 Å². The van der Waals surface area contributed by atoms with Gasteiger partial charge >= 0.3 is 0 Å². The largest absolute Gasteiger partial charge is 0.772 e. The van der Waals surface area contributed by atoms with Crippen molar-refractivity contribution in [2.45, 2.75) is 54.6 Å². The van der Waals surface area contributed by atoms with Crippen molar-refractivity contribution in [3.63, 3.8) is 0 Å². The molecular weight excluding hydrogens is 681 g/mol. The summed E-state index contributed by atoms with van der Waals surface area (Å²) in [6.07, 6.45) is 0. The molecule has 0 fully saturated rings. The first-order chi connectivity index (χ1) is 23.1. The van der Waals surface area contributed by atoms with Crippen LogP contribution in [0.25, 0.3) is 0 Å². The second kappa shape index (κ2) is 31.4. The third-order valence-electron chi connectivity index (χ3n) is 5.28. The molecule has 12 heteroatoms. The van der Waals surface area contributed by atoms with Crippen LogP contribution in [0.2, 0.25) is 0 Å². The number of hydrogen-bond donors (Lipinski definition) is 2. The molecule has 0 aliphatic carbocycles. The van der Waals surface area contributed by atoms with Crippen molar-refractivity contribution in [2.75, 3.05) is 38.9 Å². The Balaban J connectivity index is -0.000000654. The van der Waals surface area contributed by atoms with Crippen LogP contribution >= 0.6 is 0 Å². The summed E-state index contributed by atoms with van der Waals surface area (Å²) in [7, 11) is 3.09. The van der Waals surface area contributed by atoms with E-state index in [1.165, 1.54) is 0 Å². The molecule has 0 bridgehead atoms. The van der Waals surface area contributed by atoms with Crippen LogP contribution < -0.4 is 30.4 Å². The molecule has 10 nitrogen and oxygen atoms in total. The molecule has 0 aliphatic rings. The van der Waals surface area contributed by atoms with Crippen LogP contribution in [0.15, 0.2) is 36.4 Å². The molecule has 50 heavy (non-hydrogen) atoms. The minimum atomic E-state index is -2.16. The molecule has 4 atom stereocenters. The van der Waals surface area contributed by atoms with Crippen molar-refractivity contribution in [1.29, 1.82) is 0 Å². The Morgan fingerprint density at radius 2 is 0.900 bits per heavy atom. The molecule has 0 aromatic heterocycles. The van der Waals surface area contributed by atoms with E-state index in [1.54, 1.807) is 64.5 Å². The van der Waals surface area contributed by atoms with Gasteiger partial charge in [-0.3, -0.25) is 8.42 Å². The average molecular weight is 727 g/mol. The van der Waals surface area contributed by atoms with Crippen LogP contribution in [0, 0.1) is 71.0 Å². The first-order valence-corrected chi connectivity index (χ1v) is 16.6. The lowest BCUT2D eigenvalue weighted by Gasteiger charge is -2.16. The Morgan fingerprint density at radius 3 is 1.14 bits per heavy atom. The molecule has 0 heterocycles. The van der Waals surface area contributed by atoms with Gasteiger partial charge in [0, 0.05) is 23.6 Å². The predicted molar refractivity (Wildman–Crippen MR) is 201 cm³/mol. The third-order valence-corrected chi connectivity index (χ3v) is 6.54. The van der Waals surface area contributed by atoms with Crippen molar-refractivity contribution >= 4 is 22.2 Å². The van der Waals surface area contributed by atoms with Crippen molar-refractivity contribution in [3.8, 4) is 94.0 Å². The van der Waals surface area contributed by atoms with E-state index in [1.807, 2.05) is 13.8 Å². The number of nitrogens with two attached hydrogens (primary N) is 2. The molecule has 0 aliphatic heterocycles. The van der Waals surface area contributed by atoms with Gasteiger partial charge in [0.2, 0.25) is 0 Å². The van der Waals surface area contributed by atoms with Crippen molar-refractivity contribution in [2.24, 2.45) is 11.5 Å². The second-order valence-electron chi connectivity index (χ2n) is 8.59. The highest BCUT2D eigenvalue weighted by Gasteiger charge is 2.12. The Labute approximate surface area is 304 Å². The van der Waals surface area contributed by atoms with Gasteiger partial charge in [0.1, 0.15) is 0 Å². The summed E-state index contributed by atoms with van der Waals surface area (Å²) in [5, 5.41) is 0. The number of methoxy groups -OCH3 is 2. The standard InChI is InChI=1S/C14H6.2C11H17NO4S.2CH4/c1-3-5-7-9-11-13-14-12-10-8-6-4-2;2*1-3-16-11-6-8(4-5-10(11)15-2)9(12)7-17(13)14;;/h1-2H3;2*4-6,9H,3,7,12H2,1-2H3,(H,13,14);2*1H4/p-2/t;9-;;;/m.1.../s1/i;2*7+1;2*1+1. The topological polar surface area (TPSA) is 169 Å². The monoisotopic (exact) mass is 726 g/mol. The maximum absolute atomic E-state index is 10.6. The zero-order chi connectivity index (χ0) is 36.2. The predicted octanol–water partition coefficient (Wildman–Crippen LogP) is 4.26. The first kappa shape index (κ1) is 49.5. The molecule has 0 radical (unpaired) electrons. The van der Waals surface area contributed by atoms with Gasteiger partial charge in [0.05, 0.1) is 27.4 Å². The summed E-state index contributed by atoms with van der Waals surface area (Å²) < 4.78 is 63.4. The molecule has 2 aromatic carbocycles. The van der Waals surface area contributed by atoms with Gasteiger partial charge < -0.3 is 39.5 Å². The fourth-order valence-electron chi connectivity index (χ4n) is 3.25. The van der Waals surface area contributed by atoms with Gasteiger partial charge in [-0.2, -0.15) is 0 Å². The second-order valence-corrected chi connectivity index (χ2v) is 10.5. The number of hydrogen-bond acceptors (Lipinski definition) is 10. The Kier molecular flexibility index (Phi) is 31.1. The molecule has 0 amide bonds. The Bertz CT molecular complexity index is 1610. The number of rotatable bonds is 12. The fraction of sp³-hybridized carbons (Fsp3) is 0.368. The normalized spacial score (nSPS) is 10.7. The van der Waals surface area contributed by atoms with Gasteiger partial charge in [-0.1, -0.05) is 61.0 Å². The van der Waals surface area contributed by atoms with Crippen molar-refractivity contribution < 1.29 is 36.5 Å². The molecule has 4 N–H and O–H groups in total. The number of benzene rings is 2. The van der Waals surface area contributed by atoms with Crippen LogP contribution in [0.5, 0.6) is 23.0 Å². The zero-order valence-electron chi connectivity index (χ0n) is 27.7. The van der Waals surface area contributed by atoms with E-state index in [2.05, 4.69) is 71.0 Å². The lowest BCUT2D eigenvalue weighted by atomic mass is 10.1. The van der Waals surface area contributed by atoms with E-state index in [0.717, 1.165) is 0 Å². The summed E-state index contributed by atoms with van der Waals surface area (Å²) in [4.78, 5) is 0. The molecule has 0 saturated heterocycles. The van der Waals surface area contributed by atoms with E-state index in [9.17, 15) is 17.5 Å². The van der Waals surface area contributed by atoms with Crippen LogP contribution in [0.1, 0.15) is 65.8 Å². The number of ether oxygens (including phenoxy) is 4. The molecule has 0 saturated carbocycles. The average Bonchev–Trinajstić information content (AvgIpc) is 3.06. The van der Waals surface area contributed by atoms with Gasteiger partial charge in [0.15, 0.2) is 23.0 Å². The van der Waals surface area contributed by atoms with E-state index in [0.29, 0.717) is 47.3 Å². The van der Waals surface area contributed by atoms with Gasteiger partial charge in [-0.15, -0.1) is 0 Å². The first-order valence-electron chi connectivity index (χ1n) is 14.2. The summed E-state index contributed by atoms with van der Waals surface area (Å²) >= 11 is -4.32. The summed E-state index contributed by atoms with van der Waals surface area (Å²) in [5.74, 6) is 32.7. The van der Waals surface area contributed by atoms with Gasteiger partial charge in [-0.25, -0.2) is 0 Å². The maximum atomic E-state index is 10.6. The molecule has 2 aromatic rings. The quantitative estimate of drug-likeness (QED) is 0.183. The maximum Gasteiger partial charge on any atom is 0.161 e. The fourth-order valence-corrected chi connectivity index (χ4v) is 4.22. The zero-order valence-corrected chi connectivity index (χ0v) is 29.3. The van der Waals surface area contributed by atoms with Crippen LogP contribution in [-0.2, 0) is 22.2 Å². The Hall–Kier alpha value is -4.86. The highest BCUT2D eigenvalue weighted by atomic mass is 32.2. The highest BCUT2D eigenvalue weighted by Crippen LogP contribution is 2.31. The lowest BCUT2D eigenvalue weighted by molar-refractivity contribution is 0.310. The van der Waals surface area contributed by atoms with Crippen LogP contribution in [0.3, 0.4) is 0 Å². The summed E-state index contributed by atoms with van der Waals surface area (Å²) in [5.41, 5.74) is 12.9. The summed E-state index contributed by atoms with van der Waals surface area (Å²) in [6, 6.07) is 9.20. The molecular formula is C38H46N2O8S2-2. The van der Waals surface area contributed by atoms with E-state index < -0.39 is 34.2 Å². The van der Waals surface area contributed by atoms with Gasteiger partial charge in [-0.05, 0) is 122 Å². The van der Waals surface area contributed by atoms with E-state index in [-0.39, 0.29) is 26.4 Å². The Morgan fingerprint density at radius 1 is 0.600 bits per heavy atom. The van der Waals surface area contributed by atoms with Crippen molar-refractivity contribution in [3.05, 3.63) is 47.5 Å². The highest BCUT2D eigenvalue weighted by molar-refractivity contribution is 7.79. The minimum Gasteiger partial charge on any atom is -0.772 e. The van der Waals surface area contributed by atoms with E-state index in [4.69, 9.17) is 30.4 Å². The van der Waals surface area contributed by atoms with Crippen LogP contribution in [0.4, 0.5) is 0 Å². The van der Waals surface area contributed by atoms with Gasteiger partial charge in [0.25, 0.3) is 0 Å². The lowest BCUT2D eigenvalue weighted by Crippen LogP contribution is -2.18. The van der Waals surface area contributed by atoms with Crippen LogP contribution in [-0.4, -0.2) is 56.5 Å². The van der Waals surface area contributed by atoms with E-state index >= 15 is 0 Å². The molecule has 0 spiro atoms. The molecule has 270 valence electrons. The smallest absolute Gasteiger partial charge is 0.161 e. The third kappa shape index (κ3) is 22.7. The molecule has 2 rings (SSSR count). The summed E-state index contributed by atoms with van der Waals surface area (Å²) in [6.45, 7) is 8.15. The molecule has 3 unspecified atom stereocenters. The SMILES string of the molecule is CC#CC#CC#CC#CC#CC#CC.CCOc1cc(C(N)[13CH2]S(=O)[O-])ccc1OC.CCOc1cc([C@H](N)[13CH2]S(=O)[O-])ccc1OC.[13CH4].[13CH4]. The minimum absolute atomic E-state index is 0.